The molecule has 0 radical (unpaired) electrons. The summed E-state index contributed by atoms with van der Waals surface area (Å²) < 4.78 is 38.7. The number of H-pyrrole nitrogens is 1. The van der Waals surface area contributed by atoms with Crippen LogP contribution in [0.5, 0.6) is 0 Å². The minimum Gasteiger partial charge on any atom is -0.346 e. The van der Waals surface area contributed by atoms with Crippen LogP contribution >= 0.6 is 22.6 Å². The van der Waals surface area contributed by atoms with Gasteiger partial charge in [0, 0.05) is 23.3 Å². The first kappa shape index (κ1) is 15.8. The van der Waals surface area contributed by atoms with Gasteiger partial charge in [-0.05, 0) is 28.7 Å². The number of rotatable bonds is 3. The van der Waals surface area contributed by atoms with Gasteiger partial charge in [-0.3, -0.25) is 0 Å². The lowest BCUT2D eigenvalue weighted by Crippen LogP contribution is -2.42. The maximum atomic E-state index is 13.4. The fourth-order valence-electron chi connectivity index (χ4n) is 2.19. The van der Waals surface area contributed by atoms with Crippen LogP contribution in [0.1, 0.15) is 6.42 Å². The highest BCUT2D eigenvalue weighted by Crippen LogP contribution is 2.45. The van der Waals surface area contributed by atoms with E-state index in [1.807, 2.05) is 0 Å². The molecule has 0 bridgehead atoms. The molecule has 5 nitrogen and oxygen atoms in total. The molecular weight excluding hydrogens is 422 g/mol. The summed E-state index contributed by atoms with van der Waals surface area (Å²) >= 11 is 1.29. The number of hydrogen-bond acceptors (Lipinski definition) is 3. The normalized spacial score (nSPS) is 14.6. The molecule has 1 N–H and O–H groups in total. The van der Waals surface area contributed by atoms with Crippen LogP contribution in [-0.2, 0) is 3.55 Å². The van der Waals surface area contributed by atoms with E-state index in [4.69, 9.17) is 6.42 Å². The van der Waals surface area contributed by atoms with Crippen molar-refractivity contribution < 1.29 is 13.2 Å². The third kappa shape index (κ3) is 2.56. The second-order valence-electron chi connectivity index (χ2n) is 4.77. The van der Waals surface area contributed by atoms with Crippen molar-refractivity contribution in [2.75, 3.05) is 0 Å². The zero-order valence-corrected chi connectivity index (χ0v) is 13.6. The first-order valence-electron chi connectivity index (χ1n) is 6.39. The van der Waals surface area contributed by atoms with Crippen LogP contribution in [0.2, 0.25) is 0 Å². The van der Waals surface area contributed by atoms with Crippen molar-refractivity contribution in [3.05, 3.63) is 31.0 Å². The smallest absolute Gasteiger partial charge is 0.346 e. The highest BCUT2D eigenvalue weighted by Gasteiger charge is 2.55. The van der Waals surface area contributed by atoms with Gasteiger partial charge in [0.25, 0.3) is 0 Å². The van der Waals surface area contributed by atoms with Gasteiger partial charge in [0.2, 0.25) is 3.55 Å². The second kappa shape index (κ2) is 5.52. The first-order valence-corrected chi connectivity index (χ1v) is 7.47. The molecule has 0 spiro atoms. The largest absolute Gasteiger partial charge is 0.423 e. The summed E-state index contributed by atoms with van der Waals surface area (Å²) in [6.45, 7) is 0. The predicted molar refractivity (Wildman–Crippen MR) is 86.6 cm³/mol. The Morgan fingerprint density at radius 1 is 1.35 bits per heavy atom. The van der Waals surface area contributed by atoms with Gasteiger partial charge < -0.3 is 4.98 Å². The molecule has 3 rings (SSSR count). The molecular formula is C14H9F3IN5. The van der Waals surface area contributed by atoms with E-state index in [0.717, 1.165) is 4.68 Å². The number of aromatic nitrogens is 5. The Balaban J connectivity index is 2.10. The van der Waals surface area contributed by atoms with Crippen molar-refractivity contribution >= 4 is 33.6 Å². The van der Waals surface area contributed by atoms with Crippen LogP contribution in [0.3, 0.4) is 0 Å². The molecule has 3 aromatic rings. The summed E-state index contributed by atoms with van der Waals surface area (Å²) in [6, 6.07) is 1.75. The summed E-state index contributed by atoms with van der Waals surface area (Å²) in [4.78, 5) is 11.1. The van der Waals surface area contributed by atoms with Crippen molar-refractivity contribution in [1.82, 2.24) is 24.7 Å². The molecule has 0 fully saturated rings. The van der Waals surface area contributed by atoms with Crippen LogP contribution in [0.15, 0.2) is 31.0 Å². The number of hydrogen-bond donors (Lipinski definition) is 1. The third-order valence-corrected chi connectivity index (χ3v) is 4.83. The maximum Gasteiger partial charge on any atom is 0.423 e. The summed E-state index contributed by atoms with van der Waals surface area (Å²) in [6.07, 6.45) is 5.70. The highest BCUT2D eigenvalue weighted by molar-refractivity contribution is 14.1. The average Bonchev–Trinajstić information content (AvgIpc) is 3.15. The summed E-state index contributed by atoms with van der Waals surface area (Å²) in [5.74, 6) is 2.07. The quantitative estimate of drug-likeness (QED) is 0.393. The standard InChI is InChI=1S/C14H9F3IN5/c1-2-4-13(18,14(15,16)17)23-7-9(6-22-23)11-10-3-5-19-12(10)21-8-20-11/h1,3,5-8H,4H2,(H,19,20,21). The minimum atomic E-state index is -4.54. The van der Waals surface area contributed by atoms with Gasteiger partial charge in [0.1, 0.15) is 12.0 Å². The Morgan fingerprint density at radius 2 is 2.13 bits per heavy atom. The second-order valence-corrected chi connectivity index (χ2v) is 6.56. The van der Waals surface area contributed by atoms with Gasteiger partial charge >= 0.3 is 6.18 Å². The molecule has 3 heterocycles. The van der Waals surface area contributed by atoms with Crippen LogP contribution in [-0.4, -0.2) is 30.9 Å². The molecule has 0 saturated heterocycles. The SMILES string of the molecule is C#CCC(I)(n1cc(-c2ncnc3[nH]ccc23)cn1)C(F)(F)F. The maximum absolute atomic E-state index is 13.4. The minimum absolute atomic E-state index is 0.458. The Labute approximate surface area is 142 Å². The molecule has 118 valence electrons. The van der Waals surface area contributed by atoms with Gasteiger partial charge in [-0.2, -0.15) is 18.3 Å². The zero-order valence-electron chi connectivity index (χ0n) is 11.5. The molecule has 23 heavy (non-hydrogen) atoms. The van der Waals surface area contributed by atoms with Crippen molar-refractivity contribution in [3.63, 3.8) is 0 Å². The van der Waals surface area contributed by atoms with Gasteiger partial charge in [-0.1, -0.05) is 0 Å². The highest BCUT2D eigenvalue weighted by atomic mass is 127. The number of terminal acetylenes is 1. The summed E-state index contributed by atoms with van der Waals surface area (Å²) in [5.41, 5.74) is 1.56. The Hall–Kier alpha value is -2.09. The van der Waals surface area contributed by atoms with Crippen LogP contribution < -0.4 is 0 Å². The molecule has 0 aromatic carbocycles. The van der Waals surface area contributed by atoms with Crippen LogP contribution in [0, 0.1) is 12.3 Å². The average molecular weight is 431 g/mol. The third-order valence-electron chi connectivity index (χ3n) is 3.34. The van der Waals surface area contributed by atoms with Crippen LogP contribution in [0.4, 0.5) is 13.2 Å². The molecule has 0 saturated carbocycles. The fraction of sp³-hybridized carbons (Fsp3) is 0.214. The van der Waals surface area contributed by atoms with E-state index >= 15 is 0 Å². The summed E-state index contributed by atoms with van der Waals surface area (Å²) in [7, 11) is 0. The first-order chi connectivity index (χ1) is 10.9. The number of alkyl halides is 4. The number of nitrogens with one attached hydrogen (secondary N) is 1. The Kier molecular flexibility index (Phi) is 3.79. The van der Waals surface area contributed by atoms with E-state index in [9.17, 15) is 13.2 Å². The predicted octanol–water partition coefficient (Wildman–Crippen LogP) is 3.49. The van der Waals surface area contributed by atoms with Crippen molar-refractivity contribution in [2.45, 2.75) is 16.1 Å². The van der Waals surface area contributed by atoms with Crippen LogP contribution in [0.25, 0.3) is 22.3 Å². The van der Waals surface area contributed by atoms with Crippen molar-refractivity contribution in [3.8, 4) is 23.6 Å². The van der Waals surface area contributed by atoms with E-state index in [2.05, 4.69) is 26.0 Å². The number of aromatic amines is 1. The lowest BCUT2D eigenvalue weighted by molar-refractivity contribution is -0.176. The Bertz CT molecular complexity index is 892. The van der Waals surface area contributed by atoms with E-state index in [1.165, 1.54) is 41.3 Å². The van der Waals surface area contributed by atoms with Crippen molar-refractivity contribution in [1.29, 1.82) is 0 Å². The van der Waals surface area contributed by atoms with E-state index in [0.29, 0.717) is 22.3 Å². The summed E-state index contributed by atoms with van der Waals surface area (Å²) in [5, 5.41) is 4.57. The lowest BCUT2D eigenvalue weighted by Gasteiger charge is -2.28. The number of fused-ring (bicyclic) bond motifs is 1. The van der Waals surface area contributed by atoms with E-state index in [1.54, 1.807) is 12.3 Å². The van der Waals surface area contributed by atoms with Gasteiger partial charge in [-0.15, -0.1) is 12.3 Å². The fourth-order valence-corrected chi connectivity index (χ4v) is 2.67. The molecule has 0 aliphatic rings. The number of halogens is 4. The van der Waals surface area contributed by atoms with E-state index < -0.39 is 16.1 Å². The topological polar surface area (TPSA) is 59.4 Å². The molecule has 1 unspecified atom stereocenters. The lowest BCUT2D eigenvalue weighted by atomic mass is 10.2. The number of nitrogens with zero attached hydrogens (tertiary/aromatic N) is 4. The molecule has 0 aliphatic carbocycles. The van der Waals surface area contributed by atoms with E-state index in [-0.39, 0.29) is 0 Å². The molecule has 1 atom stereocenters. The Morgan fingerprint density at radius 3 is 2.83 bits per heavy atom. The van der Waals surface area contributed by atoms with Gasteiger partial charge in [0.05, 0.1) is 18.3 Å². The molecule has 9 heteroatoms. The van der Waals surface area contributed by atoms with Crippen molar-refractivity contribution in [2.24, 2.45) is 0 Å². The molecule has 0 amide bonds. The van der Waals surface area contributed by atoms with Gasteiger partial charge in [-0.25, -0.2) is 14.6 Å². The monoisotopic (exact) mass is 431 g/mol. The molecule has 0 aliphatic heterocycles. The zero-order chi connectivity index (χ0) is 16.7. The molecule has 3 aromatic heterocycles. The van der Waals surface area contributed by atoms with Gasteiger partial charge in [0.15, 0.2) is 0 Å².